The van der Waals surface area contributed by atoms with E-state index in [1.54, 1.807) is 0 Å². The highest BCUT2D eigenvalue weighted by Gasteiger charge is 1.99. The summed E-state index contributed by atoms with van der Waals surface area (Å²) in [6.45, 7) is 6.29. The minimum Gasteiger partial charge on any atom is -0.329 e. The van der Waals surface area contributed by atoms with Crippen molar-refractivity contribution in [1.29, 1.82) is 0 Å². The summed E-state index contributed by atoms with van der Waals surface area (Å²) < 4.78 is 0. The van der Waals surface area contributed by atoms with E-state index in [2.05, 4.69) is 19.2 Å². The maximum absolute atomic E-state index is 5.54. The van der Waals surface area contributed by atoms with Gasteiger partial charge in [0.05, 0.1) is 0 Å². The third-order valence-corrected chi connectivity index (χ3v) is 1.99. The molecule has 2 nitrogen and oxygen atoms in total. The average Bonchev–Trinajstić information content (AvgIpc) is 2.05. The minimum absolute atomic E-state index is 0.534. The minimum atomic E-state index is 0.534. The second-order valence-electron chi connectivity index (χ2n) is 3.00. The van der Waals surface area contributed by atoms with E-state index < -0.39 is 0 Å². The van der Waals surface area contributed by atoms with Crippen LogP contribution in [0.4, 0.5) is 0 Å². The molecular weight excluding hydrogens is 136 g/mol. The number of rotatable bonds is 7. The van der Waals surface area contributed by atoms with Gasteiger partial charge in [-0.1, -0.05) is 26.7 Å². The summed E-state index contributed by atoms with van der Waals surface area (Å²) in [5.74, 6) is 0. The Morgan fingerprint density at radius 1 is 1.27 bits per heavy atom. The third kappa shape index (κ3) is 6.32. The predicted molar refractivity (Wildman–Crippen MR) is 50.7 cm³/mol. The molecule has 2 heteroatoms. The molecule has 0 aliphatic rings. The molecule has 0 bridgehead atoms. The smallest absolute Gasteiger partial charge is 0.0187 e. The molecule has 1 atom stereocenters. The largest absolute Gasteiger partial charge is 0.329 e. The van der Waals surface area contributed by atoms with Crippen LogP contribution in [0.25, 0.3) is 0 Å². The van der Waals surface area contributed by atoms with E-state index in [1.165, 1.54) is 19.3 Å². The van der Waals surface area contributed by atoms with Crippen molar-refractivity contribution in [1.82, 2.24) is 5.32 Å². The molecule has 3 N–H and O–H groups in total. The van der Waals surface area contributed by atoms with E-state index in [9.17, 15) is 0 Å². The third-order valence-electron chi connectivity index (χ3n) is 1.99. The summed E-state index contributed by atoms with van der Waals surface area (Å²) in [7, 11) is 0. The molecule has 0 radical (unpaired) electrons. The Bertz CT molecular complexity index is 70.0. The van der Waals surface area contributed by atoms with Crippen molar-refractivity contribution in [3.05, 3.63) is 0 Å². The van der Waals surface area contributed by atoms with Gasteiger partial charge in [-0.05, 0) is 19.4 Å². The van der Waals surface area contributed by atoms with Crippen molar-refractivity contribution < 1.29 is 0 Å². The van der Waals surface area contributed by atoms with E-state index in [-0.39, 0.29) is 0 Å². The molecule has 0 saturated heterocycles. The summed E-state index contributed by atoms with van der Waals surface area (Å²) >= 11 is 0. The van der Waals surface area contributed by atoms with Gasteiger partial charge in [0, 0.05) is 12.6 Å². The molecule has 1 unspecified atom stereocenters. The lowest BCUT2D eigenvalue weighted by atomic mass is 10.2. The molecule has 0 fully saturated rings. The Balaban J connectivity index is 3.07. The van der Waals surface area contributed by atoms with Gasteiger partial charge in [0.2, 0.25) is 0 Å². The fourth-order valence-corrected chi connectivity index (χ4v) is 1.08. The summed E-state index contributed by atoms with van der Waals surface area (Å²) in [5.41, 5.74) is 5.54. The van der Waals surface area contributed by atoms with Gasteiger partial charge in [0.1, 0.15) is 0 Å². The van der Waals surface area contributed by atoms with Gasteiger partial charge in [-0.2, -0.15) is 0 Å². The van der Waals surface area contributed by atoms with Gasteiger partial charge < -0.3 is 11.1 Å². The van der Waals surface area contributed by atoms with Crippen molar-refractivity contribution >= 4 is 0 Å². The van der Waals surface area contributed by atoms with Crippen molar-refractivity contribution in [3.63, 3.8) is 0 Å². The molecule has 68 valence electrons. The van der Waals surface area contributed by atoms with Gasteiger partial charge in [-0.15, -0.1) is 0 Å². The lowest BCUT2D eigenvalue weighted by Gasteiger charge is -2.13. The zero-order valence-corrected chi connectivity index (χ0v) is 7.90. The first-order valence-corrected chi connectivity index (χ1v) is 4.78. The second-order valence-corrected chi connectivity index (χ2v) is 3.00. The summed E-state index contributed by atoms with van der Waals surface area (Å²) in [6.07, 6.45) is 5.05. The number of nitrogens with one attached hydrogen (secondary N) is 1. The normalized spacial score (nSPS) is 13.4. The Labute approximate surface area is 70.5 Å². The molecule has 0 aliphatic heterocycles. The van der Waals surface area contributed by atoms with Crippen LogP contribution in [-0.4, -0.2) is 19.1 Å². The van der Waals surface area contributed by atoms with Crippen LogP contribution in [-0.2, 0) is 0 Å². The molecule has 0 saturated carbocycles. The lowest BCUT2D eigenvalue weighted by molar-refractivity contribution is 0.491. The fourth-order valence-electron chi connectivity index (χ4n) is 1.08. The zero-order chi connectivity index (χ0) is 8.53. The maximum atomic E-state index is 5.54. The maximum Gasteiger partial charge on any atom is 0.0187 e. The van der Waals surface area contributed by atoms with E-state index in [4.69, 9.17) is 5.73 Å². The molecule has 0 heterocycles. The van der Waals surface area contributed by atoms with Crippen LogP contribution < -0.4 is 11.1 Å². The van der Waals surface area contributed by atoms with Crippen LogP contribution in [0.2, 0.25) is 0 Å². The van der Waals surface area contributed by atoms with Gasteiger partial charge in [0.25, 0.3) is 0 Å². The van der Waals surface area contributed by atoms with Gasteiger partial charge >= 0.3 is 0 Å². The Morgan fingerprint density at radius 3 is 2.45 bits per heavy atom. The summed E-state index contributed by atoms with van der Waals surface area (Å²) in [5, 5.41) is 3.43. The van der Waals surface area contributed by atoms with E-state index in [1.807, 2.05) is 0 Å². The van der Waals surface area contributed by atoms with Crippen LogP contribution in [0.5, 0.6) is 0 Å². The SMILES string of the molecule is CCCCCNC(CC)CN. The van der Waals surface area contributed by atoms with Crippen LogP contribution >= 0.6 is 0 Å². The highest BCUT2D eigenvalue weighted by atomic mass is 14.9. The number of hydrogen-bond donors (Lipinski definition) is 2. The molecule has 0 rings (SSSR count). The first-order chi connectivity index (χ1) is 5.35. The van der Waals surface area contributed by atoms with Crippen molar-refractivity contribution in [2.75, 3.05) is 13.1 Å². The topological polar surface area (TPSA) is 38.0 Å². The standard InChI is InChI=1S/C9H22N2/c1-3-5-6-7-11-9(4-2)8-10/h9,11H,3-8,10H2,1-2H3. The molecule has 0 spiro atoms. The Hall–Kier alpha value is -0.0800. The summed E-state index contributed by atoms with van der Waals surface area (Å²) in [6, 6.07) is 0.534. The highest BCUT2D eigenvalue weighted by molar-refractivity contribution is 4.64. The quantitative estimate of drug-likeness (QED) is 0.551. The fraction of sp³-hybridized carbons (Fsp3) is 1.00. The van der Waals surface area contributed by atoms with Crippen molar-refractivity contribution in [2.45, 2.75) is 45.6 Å². The molecule has 0 aliphatic carbocycles. The molecule has 0 aromatic rings. The molecular formula is C9H22N2. The monoisotopic (exact) mass is 158 g/mol. The Morgan fingerprint density at radius 2 is 2.00 bits per heavy atom. The first kappa shape index (κ1) is 10.9. The lowest BCUT2D eigenvalue weighted by Crippen LogP contribution is -2.35. The molecule has 0 aromatic heterocycles. The molecule has 0 aromatic carbocycles. The van der Waals surface area contributed by atoms with E-state index >= 15 is 0 Å². The zero-order valence-electron chi connectivity index (χ0n) is 7.90. The van der Waals surface area contributed by atoms with Gasteiger partial charge in [-0.3, -0.25) is 0 Å². The van der Waals surface area contributed by atoms with E-state index in [0.29, 0.717) is 6.04 Å². The van der Waals surface area contributed by atoms with Crippen molar-refractivity contribution in [2.24, 2.45) is 5.73 Å². The van der Waals surface area contributed by atoms with Crippen LogP contribution in [0.3, 0.4) is 0 Å². The summed E-state index contributed by atoms with van der Waals surface area (Å²) in [4.78, 5) is 0. The number of nitrogens with two attached hydrogens (primary N) is 1. The van der Waals surface area contributed by atoms with Gasteiger partial charge in [-0.25, -0.2) is 0 Å². The first-order valence-electron chi connectivity index (χ1n) is 4.78. The van der Waals surface area contributed by atoms with Crippen molar-refractivity contribution in [3.8, 4) is 0 Å². The van der Waals surface area contributed by atoms with Crippen LogP contribution in [0.1, 0.15) is 39.5 Å². The van der Waals surface area contributed by atoms with E-state index in [0.717, 1.165) is 19.5 Å². The van der Waals surface area contributed by atoms with Crippen LogP contribution in [0, 0.1) is 0 Å². The number of unbranched alkanes of at least 4 members (excludes halogenated alkanes) is 2. The Kier molecular flexibility index (Phi) is 7.96. The average molecular weight is 158 g/mol. The predicted octanol–water partition coefficient (Wildman–Crippen LogP) is 1.50. The second kappa shape index (κ2) is 8.02. The van der Waals surface area contributed by atoms with Crippen LogP contribution in [0.15, 0.2) is 0 Å². The van der Waals surface area contributed by atoms with Gasteiger partial charge in [0.15, 0.2) is 0 Å². The highest BCUT2D eigenvalue weighted by Crippen LogP contribution is 1.93. The molecule has 0 amide bonds. The molecule has 11 heavy (non-hydrogen) atoms. The number of hydrogen-bond acceptors (Lipinski definition) is 2.